The molecule has 0 radical (unpaired) electrons. The van der Waals surface area contributed by atoms with Crippen LogP contribution in [0.15, 0.2) is 0 Å². The molecule has 2 fully saturated rings. The Morgan fingerprint density at radius 2 is 2.08 bits per heavy atom. The van der Waals surface area contributed by atoms with E-state index in [1.165, 1.54) is 6.42 Å². The van der Waals surface area contributed by atoms with Crippen molar-refractivity contribution in [1.82, 2.24) is 4.72 Å². The number of nitrogens with one attached hydrogen (secondary N) is 1. The van der Waals surface area contributed by atoms with Crippen LogP contribution in [0.3, 0.4) is 0 Å². The van der Waals surface area contributed by atoms with Gasteiger partial charge in [0.15, 0.2) is 0 Å². The van der Waals surface area contributed by atoms with Crippen molar-refractivity contribution in [2.24, 2.45) is 11.8 Å². The molecule has 0 aliphatic heterocycles. The molecule has 0 heterocycles. The molecule has 3 nitrogen and oxygen atoms in total. The highest BCUT2D eigenvalue weighted by Gasteiger charge is 2.45. The normalized spacial score (nSPS) is 38.4. The maximum absolute atomic E-state index is 11.7. The summed E-state index contributed by atoms with van der Waals surface area (Å²) < 4.78 is 26.0. The van der Waals surface area contributed by atoms with E-state index in [-0.39, 0.29) is 5.25 Å². The Hall–Kier alpha value is -0.0900. The Balaban J connectivity index is 2.10. The third kappa shape index (κ3) is 1.62. The molecule has 2 rings (SSSR count). The van der Waals surface area contributed by atoms with Gasteiger partial charge < -0.3 is 0 Å². The minimum absolute atomic E-state index is 0.0776. The van der Waals surface area contributed by atoms with Gasteiger partial charge in [0, 0.05) is 6.54 Å². The summed E-state index contributed by atoms with van der Waals surface area (Å²) >= 11 is 0. The van der Waals surface area contributed by atoms with Gasteiger partial charge in [0.25, 0.3) is 0 Å². The molecule has 2 bridgehead atoms. The number of hydrogen-bond donors (Lipinski definition) is 1. The molecule has 2 aliphatic carbocycles. The molecule has 2 aliphatic rings. The largest absolute Gasteiger partial charge is 0.215 e. The van der Waals surface area contributed by atoms with Crippen molar-refractivity contribution in [2.45, 2.75) is 37.9 Å². The highest BCUT2D eigenvalue weighted by atomic mass is 32.2. The SMILES string of the molecule is CCNS(=O)(=O)C1CC2CCC1C2. The summed E-state index contributed by atoms with van der Waals surface area (Å²) in [4.78, 5) is 0. The smallest absolute Gasteiger partial charge is 0.214 e. The van der Waals surface area contributed by atoms with E-state index in [9.17, 15) is 8.42 Å². The summed E-state index contributed by atoms with van der Waals surface area (Å²) in [5, 5.41) is -0.0776. The van der Waals surface area contributed by atoms with Gasteiger partial charge in [0.1, 0.15) is 0 Å². The zero-order valence-electron chi connectivity index (χ0n) is 7.99. The first-order valence-corrected chi connectivity index (χ1v) is 6.66. The van der Waals surface area contributed by atoms with Crippen molar-refractivity contribution in [3.8, 4) is 0 Å². The monoisotopic (exact) mass is 203 g/mol. The first-order chi connectivity index (χ1) is 6.13. The lowest BCUT2D eigenvalue weighted by Crippen LogP contribution is -2.37. The number of fused-ring (bicyclic) bond motifs is 2. The third-order valence-electron chi connectivity index (χ3n) is 3.42. The second-order valence-electron chi connectivity index (χ2n) is 4.26. The van der Waals surface area contributed by atoms with Crippen LogP contribution >= 0.6 is 0 Å². The van der Waals surface area contributed by atoms with Crippen molar-refractivity contribution in [2.75, 3.05) is 6.54 Å². The van der Waals surface area contributed by atoms with Crippen molar-refractivity contribution < 1.29 is 8.42 Å². The summed E-state index contributed by atoms with van der Waals surface area (Å²) in [6, 6.07) is 0. The summed E-state index contributed by atoms with van der Waals surface area (Å²) in [6.07, 6.45) is 4.43. The van der Waals surface area contributed by atoms with Crippen molar-refractivity contribution in [3.63, 3.8) is 0 Å². The minimum atomic E-state index is -2.99. The molecule has 13 heavy (non-hydrogen) atoms. The van der Waals surface area contributed by atoms with E-state index in [0.29, 0.717) is 18.4 Å². The lowest BCUT2D eigenvalue weighted by atomic mass is 10.0. The van der Waals surface area contributed by atoms with E-state index >= 15 is 0 Å². The van der Waals surface area contributed by atoms with E-state index in [0.717, 1.165) is 19.3 Å². The van der Waals surface area contributed by atoms with E-state index < -0.39 is 10.0 Å². The van der Waals surface area contributed by atoms with Crippen LogP contribution in [0.5, 0.6) is 0 Å². The highest BCUT2D eigenvalue weighted by Crippen LogP contribution is 2.46. The molecule has 3 atom stereocenters. The standard InChI is InChI=1S/C9H17NO2S/c1-2-10-13(11,12)9-6-7-3-4-8(9)5-7/h7-10H,2-6H2,1H3. The predicted molar refractivity (Wildman–Crippen MR) is 51.8 cm³/mol. The molecule has 0 saturated heterocycles. The van der Waals surface area contributed by atoms with Gasteiger partial charge in [-0.1, -0.05) is 13.3 Å². The van der Waals surface area contributed by atoms with Crippen LogP contribution < -0.4 is 4.72 Å². The van der Waals surface area contributed by atoms with Crippen LogP contribution in [0.1, 0.15) is 32.6 Å². The summed E-state index contributed by atoms with van der Waals surface area (Å²) in [7, 11) is -2.99. The molecule has 3 unspecified atom stereocenters. The van der Waals surface area contributed by atoms with Gasteiger partial charge in [-0.25, -0.2) is 13.1 Å². The van der Waals surface area contributed by atoms with Gasteiger partial charge in [-0.15, -0.1) is 0 Å². The lowest BCUT2D eigenvalue weighted by molar-refractivity contribution is 0.460. The fourth-order valence-electron chi connectivity index (χ4n) is 2.87. The zero-order valence-corrected chi connectivity index (χ0v) is 8.81. The van der Waals surface area contributed by atoms with E-state index in [1.54, 1.807) is 0 Å². The predicted octanol–water partition coefficient (Wildman–Crippen LogP) is 1.11. The van der Waals surface area contributed by atoms with Crippen molar-refractivity contribution >= 4 is 10.0 Å². The zero-order chi connectivity index (χ0) is 9.47. The molecule has 0 spiro atoms. The maximum Gasteiger partial charge on any atom is 0.214 e. The minimum Gasteiger partial charge on any atom is -0.215 e. The Morgan fingerprint density at radius 1 is 1.31 bits per heavy atom. The van der Waals surface area contributed by atoms with Crippen molar-refractivity contribution in [3.05, 3.63) is 0 Å². The van der Waals surface area contributed by atoms with Crippen LogP contribution in [0, 0.1) is 11.8 Å². The molecular weight excluding hydrogens is 186 g/mol. The Kier molecular flexibility index (Phi) is 2.36. The van der Waals surface area contributed by atoms with Crippen LogP contribution in [-0.2, 0) is 10.0 Å². The molecule has 0 amide bonds. The quantitative estimate of drug-likeness (QED) is 0.747. The summed E-state index contributed by atoms with van der Waals surface area (Å²) in [5.74, 6) is 1.15. The molecule has 2 saturated carbocycles. The first-order valence-electron chi connectivity index (χ1n) is 5.12. The second kappa shape index (κ2) is 3.24. The lowest BCUT2D eigenvalue weighted by Gasteiger charge is -2.21. The summed E-state index contributed by atoms with van der Waals surface area (Å²) in [5.41, 5.74) is 0. The molecule has 0 aromatic carbocycles. The fraction of sp³-hybridized carbons (Fsp3) is 1.00. The molecule has 1 N–H and O–H groups in total. The second-order valence-corrected chi connectivity index (χ2v) is 6.24. The Morgan fingerprint density at radius 3 is 2.54 bits per heavy atom. The van der Waals surface area contributed by atoms with E-state index in [1.807, 2.05) is 6.92 Å². The Bertz CT molecular complexity index is 286. The Labute approximate surface area is 80.0 Å². The van der Waals surface area contributed by atoms with Crippen LogP contribution in [-0.4, -0.2) is 20.2 Å². The molecule has 4 heteroatoms. The molecular formula is C9H17NO2S. The molecule has 0 aromatic heterocycles. The van der Waals surface area contributed by atoms with Gasteiger partial charge in [-0.2, -0.15) is 0 Å². The molecule has 76 valence electrons. The highest BCUT2D eigenvalue weighted by molar-refractivity contribution is 7.90. The van der Waals surface area contributed by atoms with Crippen LogP contribution in [0.25, 0.3) is 0 Å². The van der Waals surface area contributed by atoms with Crippen molar-refractivity contribution in [1.29, 1.82) is 0 Å². The van der Waals surface area contributed by atoms with Crippen LogP contribution in [0.4, 0.5) is 0 Å². The molecule has 0 aromatic rings. The fourth-order valence-corrected chi connectivity index (χ4v) is 4.77. The number of rotatable bonds is 3. The van der Waals surface area contributed by atoms with Gasteiger partial charge in [-0.3, -0.25) is 0 Å². The average Bonchev–Trinajstić information content (AvgIpc) is 2.63. The van der Waals surface area contributed by atoms with Gasteiger partial charge >= 0.3 is 0 Å². The van der Waals surface area contributed by atoms with E-state index in [2.05, 4.69) is 4.72 Å². The maximum atomic E-state index is 11.7. The van der Waals surface area contributed by atoms with Gasteiger partial charge in [0.05, 0.1) is 5.25 Å². The van der Waals surface area contributed by atoms with E-state index in [4.69, 9.17) is 0 Å². The number of sulfonamides is 1. The topological polar surface area (TPSA) is 46.2 Å². The number of hydrogen-bond acceptors (Lipinski definition) is 2. The van der Waals surface area contributed by atoms with Crippen LogP contribution in [0.2, 0.25) is 0 Å². The van der Waals surface area contributed by atoms with Gasteiger partial charge in [-0.05, 0) is 31.1 Å². The first kappa shape index (κ1) is 9.46. The third-order valence-corrected chi connectivity index (χ3v) is 5.48. The average molecular weight is 203 g/mol. The summed E-state index contributed by atoms with van der Waals surface area (Å²) in [6.45, 7) is 2.36. The van der Waals surface area contributed by atoms with Gasteiger partial charge in [0.2, 0.25) is 10.0 Å².